The second-order valence-corrected chi connectivity index (χ2v) is 7.47. The van der Waals surface area contributed by atoms with E-state index in [4.69, 9.17) is 0 Å². The molecule has 2 N–H and O–H groups in total. The average Bonchev–Trinajstić information content (AvgIpc) is 2.42. The zero-order chi connectivity index (χ0) is 14.6. The van der Waals surface area contributed by atoms with Crippen LogP contribution in [-0.2, 0) is 14.6 Å². The van der Waals surface area contributed by atoms with Crippen LogP contribution in [0.1, 0.15) is 19.8 Å². The molecular weight excluding hydrogens is 276 g/mol. The van der Waals surface area contributed by atoms with Gasteiger partial charge in [0.2, 0.25) is 5.91 Å². The molecule has 0 aromatic heterocycles. The van der Waals surface area contributed by atoms with Crippen LogP contribution in [0.5, 0.6) is 0 Å². The van der Waals surface area contributed by atoms with Crippen molar-refractivity contribution < 1.29 is 13.2 Å². The van der Waals surface area contributed by atoms with Crippen molar-refractivity contribution in [3.05, 3.63) is 30.3 Å². The van der Waals surface area contributed by atoms with E-state index in [0.717, 1.165) is 5.69 Å². The monoisotopic (exact) mass is 296 g/mol. The Balaban J connectivity index is 1.83. The lowest BCUT2D eigenvalue weighted by Crippen LogP contribution is -2.47. The summed E-state index contributed by atoms with van der Waals surface area (Å²) in [6.45, 7) is 1.79. The highest BCUT2D eigenvalue weighted by atomic mass is 32.2. The summed E-state index contributed by atoms with van der Waals surface area (Å²) in [5, 5.41) is 6.03. The van der Waals surface area contributed by atoms with E-state index in [9.17, 15) is 13.2 Å². The van der Waals surface area contributed by atoms with E-state index in [-0.39, 0.29) is 29.5 Å². The summed E-state index contributed by atoms with van der Waals surface area (Å²) in [6.07, 6.45) is 1.15. The Morgan fingerprint density at radius 1 is 1.20 bits per heavy atom. The number of sulfone groups is 1. The summed E-state index contributed by atoms with van der Waals surface area (Å²) in [4.78, 5) is 12.0. The van der Waals surface area contributed by atoms with Gasteiger partial charge in [0.05, 0.1) is 17.5 Å². The van der Waals surface area contributed by atoms with Gasteiger partial charge in [-0.3, -0.25) is 4.79 Å². The predicted molar refractivity (Wildman–Crippen MR) is 79.3 cm³/mol. The lowest BCUT2D eigenvalue weighted by atomic mass is 10.1. The first-order valence-corrected chi connectivity index (χ1v) is 8.61. The van der Waals surface area contributed by atoms with Gasteiger partial charge in [0.25, 0.3) is 0 Å². The normalized spacial score (nSPS) is 20.2. The fourth-order valence-electron chi connectivity index (χ4n) is 2.26. The number of carbonyl (C=O) groups excluding carboxylic acids is 1. The van der Waals surface area contributed by atoms with E-state index >= 15 is 0 Å². The Morgan fingerprint density at radius 2 is 1.80 bits per heavy atom. The number of amides is 1. The zero-order valence-electron chi connectivity index (χ0n) is 11.5. The second-order valence-electron chi connectivity index (χ2n) is 5.17. The molecule has 0 radical (unpaired) electrons. The number of hydrogen-bond acceptors (Lipinski definition) is 4. The van der Waals surface area contributed by atoms with Gasteiger partial charge in [0.15, 0.2) is 0 Å². The molecule has 1 unspecified atom stereocenters. The minimum absolute atomic E-state index is 0.0926. The minimum atomic E-state index is -2.86. The van der Waals surface area contributed by atoms with Gasteiger partial charge in [-0.1, -0.05) is 18.2 Å². The van der Waals surface area contributed by atoms with Crippen molar-refractivity contribution >= 4 is 21.4 Å². The number of nitrogens with one attached hydrogen (secondary N) is 2. The first-order chi connectivity index (χ1) is 9.46. The van der Waals surface area contributed by atoms with Crippen molar-refractivity contribution in [2.75, 3.05) is 16.8 Å². The van der Waals surface area contributed by atoms with Crippen LogP contribution in [0.15, 0.2) is 30.3 Å². The van der Waals surface area contributed by atoms with Crippen LogP contribution in [-0.4, -0.2) is 37.9 Å². The van der Waals surface area contributed by atoms with Crippen molar-refractivity contribution in [2.45, 2.75) is 31.8 Å². The molecule has 0 aliphatic carbocycles. The fourth-order valence-corrected chi connectivity index (χ4v) is 3.75. The highest BCUT2D eigenvalue weighted by molar-refractivity contribution is 7.91. The van der Waals surface area contributed by atoms with Crippen molar-refractivity contribution in [1.82, 2.24) is 5.32 Å². The van der Waals surface area contributed by atoms with Gasteiger partial charge < -0.3 is 10.6 Å². The zero-order valence-corrected chi connectivity index (χ0v) is 12.3. The molecule has 0 spiro atoms. The Labute approximate surface area is 119 Å². The maximum Gasteiger partial charge on any atom is 0.241 e. The van der Waals surface area contributed by atoms with Gasteiger partial charge in [0.1, 0.15) is 9.84 Å². The molecule has 1 aromatic rings. The third kappa shape index (κ3) is 4.31. The third-order valence-corrected chi connectivity index (χ3v) is 5.19. The van der Waals surface area contributed by atoms with Crippen LogP contribution in [0, 0.1) is 0 Å². The number of carbonyl (C=O) groups is 1. The highest BCUT2D eigenvalue weighted by Crippen LogP contribution is 2.13. The van der Waals surface area contributed by atoms with Crippen LogP contribution >= 0.6 is 0 Å². The highest BCUT2D eigenvalue weighted by Gasteiger charge is 2.25. The van der Waals surface area contributed by atoms with Crippen molar-refractivity contribution in [2.24, 2.45) is 0 Å². The smallest absolute Gasteiger partial charge is 0.241 e. The lowest BCUT2D eigenvalue weighted by molar-refractivity contribution is -0.118. The average molecular weight is 296 g/mol. The number of hydrogen-bond donors (Lipinski definition) is 2. The molecule has 1 heterocycles. The number of para-hydroxylation sites is 1. The van der Waals surface area contributed by atoms with Crippen LogP contribution in [0.2, 0.25) is 0 Å². The van der Waals surface area contributed by atoms with Crippen LogP contribution in [0.4, 0.5) is 5.69 Å². The maximum absolute atomic E-state index is 12.0. The Morgan fingerprint density at radius 3 is 2.40 bits per heavy atom. The molecule has 1 fully saturated rings. The van der Waals surface area contributed by atoms with E-state index in [1.54, 1.807) is 6.92 Å². The first kappa shape index (κ1) is 15.0. The lowest BCUT2D eigenvalue weighted by Gasteiger charge is -2.26. The molecule has 5 nitrogen and oxygen atoms in total. The van der Waals surface area contributed by atoms with Crippen molar-refractivity contribution in [3.63, 3.8) is 0 Å². The molecular formula is C14H20N2O3S. The molecule has 20 heavy (non-hydrogen) atoms. The number of benzene rings is 1. The van der Waals surface area contributed by atoms with Gasteiger partial charge in [-0.25, -0.2) is 8.42 Å². The van der Waals surface area contributed by atoms with Gasteiger partial charge in [-0.2, -0.15) is 0 Å². The molecule has 1 aliphatic heterocycles. The van der Waals surface area contributed by atoms with Gasteiger partial charge in [-0.05, 0) is 31.9 Å². The molecule has 0 bridgehead atoms. The van der Waals surface area contributed by atoms with Crippen molar-refractivity contribution in [1.29, 1.82) is 0 Å². The first-order valence-electron chi connectivity index (χ1n) is 6.79. The largest absolute Gasteiger partial charge is 0.325 e. The standard InChI is InChI=1S/C14H20N2O3S/c1-11(14(17)16-12-5-3-2-4-6-12)15-13-7-9-20(18,19)10-8-13/h2-6,11,13,15H,7-10H2,1H3,(H,16,17). The molecule has 1 saturated heterocycles. The maximum atomic E-state index is 12.0. The summed E-state index contributed by atoms with van der Waals surface area (Å²) in [5.41, 5.74) is 0.761. The van der Waals surface area contributed by atoms with Crippen molar-refractivity contribution in [3.8, 4) is 0 Å². The van der Waals surface area contributed by atoms with Crippen LogP contribution in [0.25, 0.3) is 0 Å². The van der Waals surface area contributed by atoms with Gasteiger partial charge in [-0.15, -0.1) is 0 Å². The van der Waals surface area contributed by atoms with E-state index in [0.29, 0.717) is 12.8 Å². The SMILES string of the molecule is CC(NC1CCS(=O)(=O)CC1)C(=O)Nc1ccccc1. The molecule has 0 saturated carbocycles. The molecule has 1 aromatic carbocycles. The van der Waals surface area contributed by atoms with E-state index in [1.165, 1.54) is 0 Å². The van der Waals surface area contributed by atoms with Gasteiger partial charge in [0, 0.05) is 11.7 Å². The quantitative estimate of drug-likeness (QED) is 0.875. The van der Waals surface area contributed by atoms with E-state index in [1.807, 2.05) is 30.3 Å². The summed E-state index contributed by atoms with van der Waals surface area (Å²) >= 11 is 0. The number of anilines is 1. The van der Waals surface area contributed by atoms with E-state index in [2.05, 4.69) is 10.6 Å². The van der Waals surface area contributed by atoms with Crippen LogP contribution in [0.3, 0.4) is 0 Å². The molecule has 110 valence electrons. The van der Waals surface area contributed by atoms with Crippen LogP contribution < -0.4 is 10.6 Å². The Hall–Kier alpha value is -1.40. The molecule has 6 heteroatoms. The second kappa shape index (κ2) is 6.37. The Bertz CT molecular complexity index is 543. The fraction of sp³-hybridized carbons (Fsp3) is 0.500. The molecule has 1 atom stereocenters. The summed E-state index contributed by atoms with van der Waals surface area (Å²) in [5.74, 6) is 0.305. The minimum Gasteiger partial charge on any atom is -0.325 e. The van der Waals surface area contributed by atoms with E-state index < -0.39 is 9.84 Å². The summed E-state index contributed by atoms with van der Waals surface area (Å²) < 4.78 is 22.7. The van der Waals surface area contributed by atoms with Gasteiger partial charge >= 0.3 is 0 Å². The molecule has 1 amide bonds. The Kier molecular flexibility index (Phi) is 4.77. The number of rotatable bonds is 4. The predicted octanol–water partition coefficient (Wildman–Crippen LogP) is 1.18. The molecule has 2 rings (SSSR count). The summed E-state index contributed by atoms with van der Waals surface area (Å²) in [6, 6.07) is 9.02. The third-order valence-electron chi connectivity index (χ3n) is 3.47. The topological polar surface area (TPSA) is 75.3 Å². The molecule has 1 aliphatic rings. The summed E-state index contributed by atoms with van der Waals surface area (Å²) in [7, 11) is -2.86.